The molecule has 0 aliphatic rings. The number of ether oxygens (including phenoxy) is 2. The Balaban J connectivity index is 1.78. The molecule has 0 amide bonds. The van der Waals surface area contributed by atoms with Crippen molar-refractivity contribution in [1.29, 1.82) is 0 Å². The molecule has 28 heavy (non-hydrogen) atoms. The van der Waals surface area contributed by atoms with Gasteiger partial charge in [0, 0.05) is 12.2 Å². The molecule has 1 aromatic heterocycles. The van der Waals surface area contributed by atoms with Crippen molar-refractivity contribution in [1.82, 2.24) is 9.55 Å². The first-order chi connectivity index (χ1) is 13.6. The number of hydrogen-bond donors (Lipinski definition) is 1. The van der Waals surface area contributed by atoms with E-state index in [1.54, 1.807) is 6.33 Å². The van der Waals surface area contributed by atoms with E-state index in [0.717, 1.165) is 30.1 Å². The lowest BCUT2D eigenvalue weighted by molar-refractivity contribution is -0.138. The van der Waals surface area contributed by atoms with Gasteiger partial charge in [0.1, 0.15) is 5.70 Å². The summed E-state index contributed by atoms with van der Waals surface area (Å²) in [5, 5.41) is 2.89. The molecule has 1 N–H and O–H groups in total. The van der Waals surface area contributed by atoms with Gasteiger partial charge in [0.15, 0.2) is 0 Å². The van der Waals surface area contributed by atoms with E-state index in [0.29, 0.717) is 5.69 Å². The maximum absolute atomic E-state index is 11.9. The van der Waals surface area contributed by atoms with E-state index >= 15 is 0 Å². The van der Waals surface area contributed by atoms with Crippen molar-refractivity contribution < 1.29 is 19.1 Å². The predicted molar refractivity (Wildman–Crippen MR) is 106 cm³/mol. The zero-order valence-corrected chi connectivity index (χ0v) is 15.7. The lowest BCUT2D eigenvalue weighted by atomic mass is 10.1. The molecular weight excluding hydrogens is 358 g/mol. The van der Waals surface area contributed by atoms with Gasteiger partial charge in [0.2, 0.25) is 0 Å². The minimum Gasteiger partial charge on any atom is -0.466 e. The van der Waals surface area contributed by atoms with Gasteiger partial charge in [-0.1, -0.05) is 30.3 Å². The Bertz CT molecular complexity index is 1010. The normalized spacial score (nSPS) is 11.3. The van der Waals surface area contributed by atoms with Gasteiger partial charge < -0.3 is 19.4 Å². The van der Waals surface area contributed by atoms with E-state index in [2.05, 4.69) is 31.7 Å². The van der Waals surface area contributed by atoms with Gasteiger partial charge in [-0.25, -0.2) is 14.6 Å². The number of aromatic nitrogens is 2. The van der Waals surface area contributed by atoms with Crippen LogP contribution in [0.2, 0.25) is 0 Å². The maximum Gasteiger partial charge on any atom is 0.354 e. The highest BCUT2D eigenvalue weighted by atomic mass is 16.5. The van der Waals surface area contributed by atoms with Crippen molar-refractivity contribution in [3.05, 3.63) is 72.2 Å². The first-order valence-corrected chi connectivity index (χ1v) is 8.74. The first kappa shape index (κ1) is 19.2. The minimum absolute atomic E-state index is 0.0165. The molecule has 0 spiro atoms. The number of imidazole rings is 1. The molecule has 3 rings (SSSR count). The number of anilines is 1. The van der Waals surface area contributed by atoms with E-state index in [1.165, 1.54) is 19.8 Å². The van der Waals surface area contributed by atoms with Crippen LogP contribution in [0.3, 0.4) is 0 Å². The number of rotatable bonds is 7. The summed E-state index contributed by atoms with van der Waals surface area (Å²) in [7, 11) is 2.48. The van der Waals surface area contributed by atoms with E-state index in [9.17, 15) is 9.59 Å². The second-order valence-corrected chi connectivity index (χ2v) is 6.07. The standard InChI is InChI=1S/C21H21N3O4/c1-27-20(25)13-18(21(26)28-2)23-16-8-9-19-17(12-16)22-14-24(19)11-10-15-6-4-3-5-7-15/h3-9,12-14,23H,10-11H2,1-2H3/b18-13+. The summed E-state index contributed by atoms with van der Waals surface area (Å²) in [5.74, 6) is -1.32. The predicted octanol–water partition coefficient (Wildman–Crippen LogP) is 2.92. The monoisotopic (exact) mass is 379 g/mol. The average molecular weight is 379 g/mol. The summed E-state index contributed by atoms with van der Waals surface area (Å²) in [4.78, 5) is 27.8. The third-order valence-corrected chi connectivity index (χ3v) is 4.25. The molecule has 7 heteroatoms. The van der Waals surface area contributed by atoms with Crippen molar-refractivity contribution >= 4 is 28.7 Å². The zero-order valence-electron chi connectivity index (χ0n) is 15.7. The Morgan fingerprint density at radius 1 is 1.11 bits per heavy atom. The molecule has 3 aromatic rings. The zero-order chi connectivity index (χ0) is 19.9. The van der Waals surface area contributed by atoms with Gasteiger partial charge in [0.05, 0.1) is 37.7 Å². The number of carbonyl (C=O) groups is 2. The number of nitrogens with one attached hydrogen (secondary N) is 1. The van der Waals surface area contributed by atoms with Crippen LogP contribution in [-0.4, -0.2) is 35.7 Å². The van der Waals surface area contributed by atoms with Gasteiger partial charge in [-0.2, -0.15) is 0 Å². The lowest BCUT2D eigenvalue weighted by Crippen LogP contribution is -2.15. The van der Waals surface area contributed by atoms with Crippen molar-refractivity contribution in [3.63, 3.8) is 0 Å². The number of aryl methyl sites for hydroxylation is 2. The topological polar surface area (TPSA) is 82.5 Å². The summed E-state index contributed by atoms with van der Waals surface area (Å²) < 4.78 is 11.4. The van der Waals surface area contributed by atoms with E-state index in [1.807, 2.05) is 36.4 Å². The Hall–Kier alpha value is -3.61. The van der Waals surface area contributed by atoms with Crippen LogP contribution in [0.4, 0.5) is 5.69 Å². The molecule has 0 atom stereocenters. The van der Waals surface area contributed by atoms with Crippen LogP contribution in [0.5, 0.6) is 0 Å². The molecule has 0 saturated carbocycles. The number of esters is 2. The second kappa shape index (κ2) is 8.85. The largest absolute Gasteiger partial charge is 0.466 e. The number of hydrogen-bond acceptors (Lipinski definition) is 6. The first-order valence-electron chi connectivity index (χ1n) is 8.74. The quantitative estimate of drug-likeness (QED) is 0.502. The fourth-order valence-electron chi connectivity index (χ4n) is 2.80. The highest BCUT2D eigenvalue weighted by Gasteiger charge is 2.13. The third-order valence-electron chi connectivity index (χ3n) is 4.25. The van der Waals surface area contributed by atoms with Crippen molar-refractivity contribution in [2.75, 3.05) is 19.5 Å². The highest BCUT2D eigenvalue weighted by Crippen LogP contribution is 2.20. The Kier molecular flexibility index (Phi) is 6.06. The van der Waals surface area contributed by atoms with Crippen molar-refractivity contribution in [2.45, 2.75) is 13.0 Å². The third kappa shape index (κ3) is 4.56. The number of fused-ring (bicyclic) bond motifs is 1. The van der Waals surface area contributed by atoms with Crippen LogP contribution in [0.1, 0.15) is 5.56 Å². The van der Waals surface area contributed by atoms with Crippen LogP contribution in [-0.2, 0) is 32.0 Å². The number of methoxy groups -OCH3 is 2. The summed E-state index contributed by atoms with van der Waals surface area (Å²) in [5.41, 5.74) is 3.62. The second-order valence-electron chi connectivity index (χ2n) is 6.07. The Morgan fingerprint density at radius 2 is 1.89 bits per heavy atom. The fourth-order valence-corrected chi connectivity index (χ4v) is 2.80. The molecule has 0 fully saturated rings. The van der Waals surface area contributed by atoms with Crippen molar-refractivity contribution in [3.8, 4) is 0 Å². The molecule has 0 radical (unpaired) electrons. The van der Waals surface area contributed by atoms with Crippen LogP contribution >= 0.6 is 0 Å². The highest BCUT2D eigenvalue weighted by molar-refractivity contribution is 5.99. The molecule has 1 heterocycles. The van der Waals surface area contributed by atoms with Gasteiger partial charge in [-0.3, -0.25) is 0 Å². The van der Waals surface area contributed by atoms with Gasteiger partial charge >= 0.3 is 11.9 Å². The smallest absolute Gasteiger partial charge is 0.354 e. The van der Waals surface area contributed by atoms with E-state index in [4.69, 9.17) is 4.74 Å². The van der Waals surface area contributed by atoms with Gasteiger partial charge in [0.25, 0.3) is 0 Å². The van der Waals surface area contributed by atoms with Crippen LogP contribution in [0.15, 0.2) is 66.6 Å². The molecule has 144 valence electrons. The number of benzene rings is 2. The summed E-state index contributed by atoms with van der Waals surface area (Å²) in [6.07, 6.45) is 3.75. The molecule has 2 aromatic carbocycles. The molecule has 0 aliphatic carbocycles. The van der Waals surface area contributed by atoms with Crippen LogP contribution in [0.25, 0.3) is 11.0 Å². The van der Waals surface area contributed by atoms with E-state index < -0.39 is 11.9 Å². The molecule has 7 nitrogen and oxygen atoms in total. The summed E-state index contributed by atoms with van der Waals surface area (Å²) in [6.45, 7) is 0.808. The van der Waals surface area contributed by atoms with Crippen LogP contribution in [0, 0.1) is 0 Å². The van der Waals surface area contributed by atoms with Crippen LogP contribution < -0.4 is 5.32 Å². The Labute approximate surface area is 162 Å². The number of carbonyl (C=O) groups excluding carboxylic acids is 2. The SMILES string of the molecule is COC(=O)/C=C(/Nc1ccc2c(c1)ncn2CCc1ccccc1)C(=O)OC. The van der Waals surface area contributed by atoms with Crippen molar-refractivity contribution in [2.24, 2.45) is 0 Å². The van der Waals surface area contributed by atoms with E-state index in [-0.39, 0.29) is 5.70 Å². The molecule has 0 aliphatic heterocycles. The number of nitrogens with zero attached hydrogens (tertiary/aromatic N) is 2. The molecular formula is C21H21N3O4. The summed E-state index contributed by atoms with van der Waals surface area (Å²) >= 11 is 0. The fraction of sp³-hybridized carbons (Fsp3) is 0.190. The maximum atomic E-state index is 11.9. The van der Waals surface area contributed by atoms with Gasteiger partial charge in [-0.05, 0) is 30.2 Å². The Morgan fingerprint density at radius 3 is 2.61 bits per heavy atom. The minimum atomic E-state index is -0.668. The summed E-state index contributed by atoms with van der Waals surface area (Å²) in [6, 6.07) is 15.8. The lowest BCUT2D eigenvalue weighted by Gasteiger charge is -2.09. The molecule has 0 unspecified atom stereocenters. The average Bonchev–Trinajstić information content (AvgIpc) is 3.14. The molecule has 0 bridgehead atoms. The molecule has 0 saturated heterocycles. The van der Waals surface area contributed by atoms with Gasteiger partial charge in [-0.15, -0.1) is 0 Å².